The predicted molar refractivity (Wildman–Crippen MR) is 93.9 cm³/mol. The van der Waals surface area contributed by atoms with Crippen LogP contribution in [0.15, 0.2) is 17.0 Å². The van der Waals surface area contributed by atoms with Gasteiger partial charge in [0, 0.05) is 30.7 Å². The van der Waals surface area contributed by atoms with E-state index in [0.29, 0.717) is 11.4 Å². The molecule has 0 saturated carbocycles. The molecule has 2 aromatic rings. The van der Waals surface area contributed by atoms with Gasteiger partial charge in [-0.3, -0.25) is 9.89 Å². The zero-order chi connectivity index (χ0) is 18.2. The maximum atomic E-state index is 12.6. The lowest BCUT2D eigenvalue weighted by Gasteiger charge is -2.29. The average molecular weight is 384 g/mol. The normalized spacial score (nSPS) is 18.8. The van der Waals surface area contributed by atoms with Crippen LogP contribution in [-0.4, -0.2) is 62.3 Å². The van der Waals surface area contributed by atoms with Crippen molar-refractivity contribution < 1.29 is 17.9 Å². The number of hydrogen-bond donors (Lipinski definition) is 2. The highest BCUT2D eigenvalue weighted by Gasteiger charge is 2.27. The molecule has 2 aromatic heterocycles. The molecular formula is C15H20N4O4S2. The van der Waals surface area contributed by atoms with Crippen LogP contribution in [0.25, 0.3) is 10.6 Å². The van der Waals surface area contributed by atoms with Crippen LogP contribution in [0.5, 0.6) is 0 Å². The molecule has 136 valence electrons. The fraction of sp³-hybridized carbons (Fsp3) is 0.467. The van der Waals surface area contributed by atoms with E-state index < -0.39 is 10.0 Å². The topological polar surface area (TPSA) is 104 Å². The second kappa shape index (κ2) is 6.87. The summed E-state index contributed by atoms with van der Waals surface area (Å²) in [7, 11) is -1.99. The second-order valence-electron chi connectivity index (χ2n) is 6.03. The van der Waals surface area contributed by atoms with Crippen LogP contribution in [-0.2, 0) is 19.6 Å². The Morgan fingerprint density at radius 1 is 1.44 bits per heavy atom. The monoisotopic (exact) mass is 384 g/mol. The Balaban J connectivity index is 1.72. The van der Waals surface area contributed by atoms with Gasteiger partial charge in [0.2, 0.25) is 15.9 Å². The number of thiophene rings is 1. The summed E-state index contributed by atoms with van der Waals surface area (Å²) in [5, 5.41) is 7.02. The van der Waals surface area contributed by atoms with Gasteiger partial charge in [0.15, 0.2) is 0 Å². The van der Waals surface area contributed by atoms with Crippen LogP contribution in [0, 0.1) is 13.8 Å². The van der Waals surface area contributed by atoms with Crippen LogP contribution in [0.1, 0.15) is 10.6 Å². The number of rotatable bonds is 5. The van der Waals surface area contributed by atoms with Gasteiger partial charge >= 0.3 is 0 Å². The number of nitrogens with one attached hydrogen (secondary N) is 2. The zero-order valence-corrected chi connectivity index (χ0v) is 15.8. The third-order valence-corrected chi connectivity index (χ3v) is 6.72. The molecule has 1 atom stereocenters. The van der Waals surface area contributed by atoms with E-state index in [0.717, 1.165) is 16.3 Å². The molecule has 2 N–H and O–H groups in total. The first-order valence-electron chi connectivity index (χ1n) is 7.74. The van der Waals surface area contributed by atoms with Crippen molar-refractivity contribution in [3.05, 3.63) is 22.7 Å². The number of ether oxygens (including phenoxy) is 1. The Hall–Kier alpha value is -1.75. The van der Waals surface area contributed by atoms with Gasteiger partial charge in [0.25, 0.3) is 0 Å². The van der Waals surface area contributed by atoms with Crippen LogP contribution >= 0.6 is 11.3 Å². The van der Waals surface area contributed by atoms with Crippen molar-refractivity contribution in [3.8, 4) is 10.6 Å². The number of sulfonamides is 1. The zero-order valence-electron chi connectivity index (χ0n) is 14.2. The number of amides is 1. The quantitative estimate of drug-likeness (QED) is 0.797. The summed E-state index contributed by atoms with van der Waals surface area (Å²) >= 11 is 1.38. The predicted octanol–water partition coefficient (Wildman–Crippen LogP) is 0.891. The molecule has 1 fully saturated rings. The molecule has 0 bridgehead atoms. The molecule has 0 aromatic carbocycles. The summed E-state index contributed by atoms with van der Waals surface area (Å²) < 4.78 is 33.2. The third-order valence-electron chi connectivity index (χ3n) is 3.97. The number of likely N-dealkylation sites (N-methyl/N-ethyl adjacent to an activating group) is 1. The largest absolute Gasteiger partial charge is 0.365 e. The first-order valence-corrected chi connectivity index (χ1v) is 10.0. The summed E-state index contributed by atoms with van der Waals surface area (Å²) in [5.41, 5.74) is 1.64. The van der Waals surface area contributed by atoms with Gasteiger partial charge in [-0.2, -0.15) is 5.10 Å². The van der Waals surface area contributed by atoms with Crippen LogP contribution < -0.4 is 4.72 Å². The van der Waals surface area contributed by atoms with Crippen molar-refractivity contribution in [3.63, 3.8) is 0 Å². The molecule has 1 unspecified atom stereocenters. The van der Waals surface area contributed by atoms with E-state index in [9.17, 15) is 13.2 Å². The highest BCUT2D eigenvalue weighted by Crippen LogP contribution is 2.32. The van der Waals surface area contributed by atoms with Crippen molar-refractivity contribution in [2.24, 2.45) is 0 Å². The Morgan fingerprint density at radius 3 is 2.84 bits per heavy atom. The molecule has 3 rings (SSSR count). The van der Waals surface area contributed by atoms with Gasteiger partial charge in [-0.15, -0.1) is 11.3 Å². The number of carbonyl (C=O) groups excluding carboxylic acids is 1. The minimum absolute atomic E-state index is 0.0248. The SMILES string of the molecule is Cc1cc(-c2cc(S(=O)(=O)NCC3CN(C)C(=O)CO3)c(C)s2)n[nH]1. The van der Waals surface area contributed by atoms with E-state index >= 15 is 0 Å². The van der Waals surface area contributed by atoms with Crippen LogP contribution in [0.4, 0.5) is 0 Å². The van der Waals surface area contributed by atoms with E-state index in [1.807, 2.05) is 13.0 Å². The van der Waals surface area contributed by atoms with Crippen LogP contribution in [0.3, 0.4) is 0 Å². The second-order valence-corrected chi connectivity index (χ2v) is 9.02. The molecule has 3 heterocycles. The van der Waals surface area contributed by atoms with Crippen molar-refractivity contribution in [1.29, 1.82) is 0 Å². The van der Waals surface area contributed by atoms with Gasteiger partial charge in [0.1, 0.15) is 12.3 Å². The summed E-state index contributed by atoms with van der Waals surface area (Å²) in [4.78, 5) is 14.7. The van der Waals surface area contributed by atoms with Gasteiger partial charge in [-0.1, -0.05) is 0 Å². The van der Waals surface area contributed by atoms with E-state index in [2.05, 4.69) is 14.9 Å². The molecule has 1 aliphatic rings. The number of nitrogens with zero attached hydrogens (tertiary/aromatic N) is 2. The maximum Gasteiger partial charge on any atom is 0.248 e. The lowest BCUT2D eigenvalue weighted by Crippen LogP contribution is -2.48. The standard InChI is InChI=1S/C15H20N4O4S2/c1-9-4-12(18-17-9)13-5-14(10(2)24-13)25(21,22)16-6-11-7-19(3)15(20)8-23-11/h4-5,11,16H,6-8H2,1-3H3,(H,17,18). The molecule has 1 aliphatic heterocycles. The Kier molecular flexibility index (Phi) is 4.96. The minimum atomic E-state index is -3.66. The summed E-state index contributed by atoms with van der Waals surface area (Å²) in [6.45, 7) is 4.12. The highest BCUT2D eigenvalue weighted by atomic mass is 32.2. The summed E-state index contributed by atoms with van der Waals surface area (Å²) in [5.74, 6) is -0.105. The van der Waals surface area contributed by atoms with Gasteiger partial charge in [0.05, 0.1) is 15.9 Å². The van der Waals surface area contributed by atoms with E-state index in [4.69, 9.17) is 4.74 Å². The van der Waals surface area contributed by atoms with Crippen molar-refractivity contribution in [1.82, 2.24) is 19.8 Å². The molecule has 25 heavy (non-hydrogen) atoms. The number of hydrogen-bond acceptors (Lipinski definition) is 6. The molecule has 1 amide bonds. The molecule has 1 saturated heterocycles. The number of carbonyl (C=O) groups is 1. The minimum Gasteiger partial charge on any atom is -0.365 e. The van der Waals surface area contributed by atoms with Crippen molar-refractivity contribution >= 4 is 27.3 Å². The summed E-state index contributed by atoms with van der Waals surface area (Å²) in [6, 6.07) is 3.51. The lowest BCUT2D eigenvalue weighted by molar-refractivity contribution is -0.146. The van der Waals surface area contributed by atoms with Gasteiger partial charge < -0.3 is 9.64 Å². The number of aromatic nitrogens is 2. The Morgan fingerprint density at radius 2 is 2.20 bits per heavy atom. The summed E-state index contributed by atoms with van der Waals surface area (Å²) in [6.07, 6.45) is -0.357. The third kappa shape index (κ3) is 3.92. The number of aromatic amines is 1. The molecule has 0 aliphatic carbocycles. The van der Waals surface area contributed by atoms with E-state index in [1.165, 1.54) is 16.2 Å². The fourth-order valence-corrected chi connectivity index (χ4v) is 5.18. The highest BCUT2D eigenvalue weighted by molar-refractivity contribution is 7.89. The maximum absolute atomic E-state index is 12.6. The van der Waals surface area contributed by atoms with Crippen LogP contribution in [0.2, 0.25) is 0 Å². The molecule has 10 heteroatoms. The smallest absolute Gasteiger partial charge is 0.248 e. The van der Waals surface area contributed by atoms with E-state index in [-0.39, 0.29) is 30.1 Å². The fourth-order valence-electron chi connectivity index (χ4n) is 2.57. The first kappa shape index (κ1) is 18.1. The Bertz CT molecular complexity index is 887. The van der Waals surface area contributed by atoms with Gasteiger partial charge in [-0.25, -0.2) is 13.1 Å². The average Bonchev–Trinajstić information content (AvgIpc) is 3.15. The van der Waals surface area contributed by atoms with Gasteiger partial charge in [-0.05, 0) is 26.0 Å². The number of H-pyrrole nitrogens is 1. The number of morpholine rings is 1. The molecule has 0 spiro atoms. The van der Waals surface area contributed by atoms with E-state index in [1.54, 1.807) is 20.0 Å². The van der Waals surface area contributed by atoms with Crippen molar-refractivity contribution in [2.75, 3.05) is 26.7 Å². The first-order chi connectivity index (χ1) is 11.8. The number of aryl methyl sites for hydroxylation is 2. The molecular weight excluding hydrogens is 364 g/mol. The Labute approximate surface area is 150 Å². The molecule has 8 nitrogen and oxygen atoms in total. The lowest BCUT2D eigenvalue weighted by atomic mass is 10.3. The van der Waals surface area contributed by atoms with Crippen molar-refractivity contribution in [2.45, 2.75) is 24.8 Å². The molecule has 0 radical (unpaired) electrons.